The molecular weight excluding hydrogens is 264 g/mol. The molecule has 0 aliphatic carbocycles. The molecule has 0 unspecified atom stereocenters. The summed E-state index contributed by atoms with van der Waals surface area (Å²) in [5, 5.41) is 6.41. The Morgan fingerprint density at radius 1 is 1.56 bits per heavy atom. The molecule has 0 aromatic carbocycles. The molecule has 94 valence electrons. The van der Waals surface area contributed by atoms with Gasteiger partial charge in [-0.2, -0.15) is 0 Å². The molecule has 0 aliphatic heterocycles. The molecule has 0 aliphatic rings. The zero-order valence-electron chi connectivity index (χ0n) is 10.0. The fourth-order valence-electron chi connectivity index (χ4n) is 1.55. The molecular formula is C12H14N4S2. The monoisotopic (exact) mass is 278 g/mol. The molecule has 6 heteroatoms. The summed E-state index contributed by atoms with van der Waals surface area (Å²) in [7, 11) is 0. The number of nitrogens with one attached hydrogen (secondary N) is 1. The lowest BCUT2D eigenvalue weighted by atomic mass is 10.2. The lowest BCUT2D eigenvalue weighted by molar-refractivity contribution is 0.977. The van der Waals surface area contributed by atoms with E-state index in [9.17, 15) is 0 Å². The molecule has 0 amide bonds. The number of hydrogen-bond donors (Lipinski definition) is 2. The van der Waals surface area contributed by atoms with Crippen LogP contribution in [0.2, 0.25) is 0 Å². The van der Waals surface area contributed by atoms with Gasteiger partial charge in [0.05, 0.1) is 10.6 Å². The maximum atomic E-state index is 5.64. The first-order valence-corrected chi connectivity index (χ1v) is 6.85. The first-order chi connectivity index (χ1) is 8.66. The highest BCUT2D eigenvalue weighted by Gasteiger charge is 2.05. The van der Waals surface area contributed by atoms with Gasteiger partial charge in [-0.3, -0.25) is 0 Å². The van der Waals surface area contributed by atoms with Gasteiger partial charge >= 0.3 is 0 Å². The summed E-state index contributed by atoms with van der Waals surface area (Å²) in [6.45, 7) is 2.76. The number of aryl methyl sites for hydroxylation is 1. The Morgan fingerprint density at radius 2 is 2.39 bits per heavy atom. The summed E-state index contributed by atoms with van der Waals surface area (Å²) in [4.78, 5) is 9.00. The van der Waals surface area contributed by atoms with Crippen LogP contribution >= 0.6 is 23.6 Å². The second-order valence-corrected chi connectivity index (χ2v) is 5.21. The van der Waals surface area contributed by atoms with Gasteiger partial charge < -0.3 is 11.1 Å². The van der Waals surface area contributed by atoms with Crippen LogP contribution in [0, 0.1) is 6.92 Å². The van der Waals surface area contributed by atoms with Gasteiger partial charge in [-0.1, -0.05) is 12.2 Å². The SMILES string of the molecule is Cc1csc(CCNc2ncccc2C(N)=S)n1. The maximum Gasteiger partial charge on any atom is 0.136 e. The molecule has 4 nitrogen and oxygen atoms in total. The zero-order valence-corrected chi connectivity index (χ0v) is 11.6. The van der Waals surface area contributed by atoms with Crippen molar-refractivity contribution in [1.29, 1.82) is 0 Å². The summed E-state index contributed by atoms with van der Waals surface area (Å²) in [6, 6.07) is 3.69. The van der Waals surface area contributed by atoms with Crippen molar-refractivity contribution < 1.29 is 0 Å². The number of rotatable bonds is 5. The molecule has 0 spiro atoms. The van der Waals surface area contributed by atoms with Crippen LogP contribution in [0.3, 0.4) is 0 Å². The predicted molar refractivity (Wildman–Crippen MR) is 79.2 cm³/mol. The number of pyridine rings is 1. The van der Waals surface area contributed by atoms with Gasteiger partial charge in [0.25, 0.3) is 0 Å². The summed E-state index contributed by atoms with van der Waals surface area (Å²) in [5.41, 5.74) is 7.49. The Morgan fingerprint density at radius 3 is 3.06 bits per heavy atom. The van der Waals surface area contributed by atoms with Gasteiger partial charge in [-0.05, 0) is 19.1 Å². The number of thiocarbonyl (C=S) groups is 1. The van der Waals surface area contributed by atoms with Crippen molar-refractivity contribution >= 4 is 34.4 Å². The van der Waals surface area contributed by atoms with Gasteiger partial charge in [0.15, 0.2) is 0 Å². The van der Waals surface area contributed by atoms with E-state index in [1.54, 1.807) is 17.5 Å². The predicted octanol–water partition coefficient (Wildman–Crippen LogP) is 2.14. The third-order valence-electron chi connectivity index (χ3n) is 2.37. The van der Waals surface area contributed by atoms with E-state index in [1.807, 2.05) is 19.1 Å². The van der Waals surface area contributed by atoms with Crippen LogP contribution in [-0.4, -0.2) is 21.5 Å². The Labute approximate surface area is 115 Å². The highest BCUT2D eigenvalue weighted by molar-refractivity contribution is 7.80. The minimum absolute atomic E-state index is 0.357. The Kier molecular flexibility index (Phi) is 4.22. The number of nitrogens with zero attached hydrogens (tertiary/aromatic N) is 2. The Hall–Kier alpha value is -1.53. The van der Waals surface area contributed by atoms with Crippen molar-refractivity contribution in [2.75, 3.05) is 11.9 Å². The maximum absolute atomic E-state index is 5.64. The zero-order chi connectivity index (χ0) is 13.0. The second-order valence-electron chi connectivity index (χ2n) is 3.82. The number of nitrogens with two attached hydrogens (primary N) is 1. The topological polar surface area (TPSA) is 63.8 Å². The van der Waals surface area contributed by atoms with Crippen LogP contribution in [0.5, 0.6) is 0 Å². The normalized spacial score (nSPS) is 10.3. The van der Waals surface area contributed by atoms with Crippen molar-refractivity contribution in [2.45, 2.75) is 13.3 Å². The molecule has 0 saturated carbocycles. The van der Waals surface area contributed by atoms with Crippen LogP contribution in [0.4, 0.5) is 5.82 Å². The van der Waals surface area contributed by atoms with E-state index in [0.717, 1.165) is 35.0 Å². The van der Waals surface area contributed by atoms with Gasteiger partial charge in [-0.25, -0.2) is 9.97 Å². The lowest BCUT2D eigenvalue weighted by Crippen LogP contribution is -2.15. The van der Waals surface area contributed by atoms with E-state index in [0.29, 0.717) is 4.99 Å². The fourth-order valence-corrected chi connectivity index (χ4v) is 2.49. The minimum Gasteiger partial charge on any atom is -0.389 e. The van der Waals surface area contributed by atoms with Crippen molar-refractivity contribution in [3.8, 4) is 0 Å². The molecule has 0 atom stereocenters. The molecule has 0 saturated heterocycles. The van der Waals surface area contributed by atoms with Crippen molar-refractivity contribution in [3.05, 3.63) is 40.0 Å². The average Bonchev–Trinajstić information content (AvgIpc) is 2.75. The summed E-state index contributed by atoms with van der Waals surface area (Å²) >= 11 is 6.66. The quantitative estimate of drug-likeness (QED) is 0.820. The number of hydrogen-bond acceptors (Lipinski definition) is 5. The van der Waals surface area contributed by atoms with E-state index >= 15 is 0 Å². The molecule has 2 aromatic heterocycles. The van der Waals surface area contributed by atoms with Gasteiger partial charge in [0.1, 0.15) is 10.8 Å². The molecule has 2 aromatic rings. The van der Waals surface area contributed by atoms with E-state index in [2.05, 4.69) is 20.7 Å². The molecule has 18 heavy (non-hydrogen) atoms. The minimum atomic E-state index is 0.357. The molecule has 0 fully saturated rings. The second kappa shape index (κ2) is 5.88. The van der Waals surface area contributed by atoms with E-state index < -0.39 is 0 Å². The van der Waals surface area contributed by atoms with E-state index in [1.165, 1.54) is 0 Å². The first kappa shape index (κ1) is 12.9. The van der Waals surface area contributed by atoms with Crippen LogP contribution in [0.15, 0.2) is 23.7 Å². The van der Waals surface area contributed by atoms with Crippen LogP contribution in [-0.2, 0) is 6.42 Å². The first-order valence-electron chi connectivity index (χ1n) is 5.56. The van der Waals surface area contributed by atoms with Gasteiger partial charge in [0.2, 0.25) is 0 Å². The number of thiazole rings is 1. The van der Waals surface area contributed by atoms with Gasteiger partial charge in [0, 0.05) is 30.2 Å². The van der Waals surface area contributed by atoms with Crippen molar-refractivity contribution in [2.24, 2.45) is 5.73 Å². The Balaban J connectivity index is 1.96. The highest BCUT2D eigenvalue weighted by Crippen LogP contribution is 2.13. The smallest absolute Gasteiger partial charge is 0.136 e. The van der Waals surface area contributed by atoms with Gasteiger partial charge in [-0.15, -0.1) is 11.3 Å². The molecule has 2 heterocycles. The Bertz CT molecular complexity index is 551. The third-order valence-corrected chi connectivity index (χ3v) is 3.62. The number of aromatic nitrogens is 2. The number of anilines is 1. The molecule has 2 rings (SSSR count). The van der Waals surface area contributed by atoms with E-state index in [4.69, 9.17) is 18.0 Å². The van der Waals surface area contributed by atoms with E-state index in [-0.39, 0.29) is 0 Å². The fraction of sp³-hybridized carbons (Fsp3) is 0.250. The van der Waals surface area contributed by atoms with Crippen molar-refractivity contribution in [3.63, 3.8) is 0 Å². The van der Waals surface area contributed by atoms with Crippen molar-refractivity contribution in [1.82, 2.24) is 9.97 Å². The van der Waals surface area contributed by atoms with Crippen LogP contribution in [0.25, 0.3) is 0 Å². The summed E-state index contributed by atoms with van der Waals surface area (Å²) in [5.74, 6) is 0.735. The van der Waals surface area contributed by atoms with Crippen LogP contribution < -0.4 is 11.1 Å². The molecule has 3 N–H and O–H groups in total. The largest absolute Gasteiger partial charge is 0.389 e. The van der Waals surface area contributed by atoms with Crippen LogP contribution in [0.1, 0.15) is 16.3 Å². The standard InChI is InChI=1S/C12H14N4S2/c1-8-7-18-10(16-8)4-6-15-12-9(11(13)17)3-2-5-14-12/h2-3,5,7H,4,6H2,1H3,(H2,13,17)(H,14,15). The molecule has 0 bridgehead atoms. The lowest BCUT2D eigenvalue weighted by Gasteiger charge is -2.08. The summed E-state index contributed by atoms with van der Waals surface area (Å²) < 4.78 is 0. The third kappa shape index (κ3) is 3.24. The average molecular weight is 278 g/mol. The molecule has 0 radical (unpaired) electrons. The summed E-state index contributed by atoms with van der Waals surface area (Å²) in [6.07, 6.45) is 2.59. The highest BCUT2D eigenvalue weighted by atomic mass is 32.1.